The molecule has 0 bridgehead atoms. The van der Waals surface area contributed by atoms with E-state index < -0.39 is 11.8 Å². The summed E-state index contributed by atoms with van der Waals surface area (Å²) in [5.74, 6) is -1.38. The first-order valence-electron chi connectivity index (χ1n) is 5.74. The second-order valence-electron chi connectivity index (χ2n) is 3.86. The molecule has 18 heavy (non-hydrogen) atoms. The highest BCUT2D eigenvalue weighted by Gasteiger charge is 2.14. The molecule has 0 aliphatic carbocycles. The molecule has 0 aromatic rings. The van der Waals surface area contributed by atoms with Gasteiger partial charge in [-0.15, -0.1) is 0 Å². The number of nitrogens with one attached hydrogen (secondary N) is 2. The van der Waals surface area contributed by atoms with Crippen LogP contribution in [0.2, 0.25) is 0 Å². The third-order valence-corrected chi connectivity index (χ3v) is 2.59. The van der Waals surface area contributed by atoms with Gasteiger partial charge in [0.15, 0.2) is 0 Å². The fraction of sp³-hybridized carbons (Fsp3) is 0.700. The predicted molar refractivity (Wildman–Crippen MR) is 70.1 cm³/mol. The van der Waals surface area contributed by atoms with Crippen molar-refractivity contribution in [1.82, 2.24) is 15.5 Å². The minimum atomic E-state index is -0.718. The van der Waals surface area contributed by atoms with Gasteiger partial charge in [-0.05, 0) is 0 Å². The lowest BCUT2D eigenvalue weighted by Crippen LogP contribution is -2.46. The maximum Gasteiger partial charge on any atom is 0.309 e. The summed E-state index contributed by atoms with van der Waals surface area (Å²) in [7, 11) is 0. The van der Waals surface area contributed by atoms with Crippen LogP contribution in [0.3, 0.4) is 0 Å². The first-order valence-corrected chi connectivity index (χ1v) is 6.15. The standard InChI is InChI=1S/C10H18N4O3S/c11-8(18)7-13-10(16)9(15)12-1-2-14-3-5-17-6-4-14/h1-7H2,(H2,11,18)(H,12,15)(H,13,16). The number of amides is 2. The number of carbonyl (C=O) groups is 2. The van der Waals surface area contributed by atoms with E-state index in [1.54, 1.807) is 0 Å². The van der Waals surface area contributed by atoms with Gasteiger partial charge in [-0.3, -0.25) is 14.5 Å². The van der Waals surface area contributed by atoms with Crippen molar-refractivity contribution in [2.75, 3.05) is 45.9 Å². The van der Waals surface area contributed by atoms with E-state index >= 15 is 0 Å². The molecule has 0 aromatic heterocycles. The molecule has 1 saturated heterocycles. The normalized spacial score (nSPS) is 16.0. The molecule has 4 N–H and O–H groups in total. The fourth-order valence-corrected chi connectivity index (χ4v) is 1.55. The van der Waals surface area contributed by atoms with Gasteiger partial charge < -0.3 is 21.1 Å². The van der Waals surface area contributed by atoms with Crippen LogP contribution in [0.25, 0.3) is 0 Å². The van der Waals surface area contributed by atoms with E-state index in [9.17, 15) is 9.59 Å². The molecule has 0 saturated carbocycles. The summed E-state index contributed by atoms with van der Waals surface area (Å²) < 4.78 is 5.20. The largest absolute Gasteiger partial charge is 0.392 e. The van der Waals surface area contributed by atoms with Gasteiger partial charge in [0.05, 0.1) is 24.7 Å². The summed E-state index contributed by atoms with van der Waals surface area (Å²) in [5.41, 5.74) is 5.21. The van der Waals surface area contributed by atoms with Crippen molar-refractivity contribution in [3.05, 3.63) is 0 Å². The van der Waals surface area contributed by atoms with Crippen LogP contribution < -0.4 is 16.4 Å². The lowest BCUT2D eigenvalue weighted by atomic mass is 10.4. The third-order valence-electron chi connectivity index (χ3n) is 2.45. The minimum absolute atomic E-state index is 0.0328. The molecule has 0 radical (unpaired) electrons. The number of ether oxygens (including phenoxy) is 1. The smallest absolute Gasteiger partial charge is 0.309 e. The van der Waals surface area contributed by atoms with Crippen molar-refractivity contribution in [2.24, 2.45) is 5.73 Å². The zero-order valence-electron chi connectivity index (χ0n) is 10.1. The maximum absolute atomic E-state index is 11.3. The molecule has 7 nitrogen and oxygen atoms in total. The van der Waals surface area contributed by atoms with Crippen LogP contribution in [0.4, 0.5) is 0 Å². The molecular weight excluding hydrogens is 256 g/mol. The Labute approximate surface area is 111 Å². The Kier molecular flexibility index (Phi) is 6.55. The number of carbonyl (C=O) groups excluding carboxylic acids is 2. The summed E-state index contributed by atoms with van der Waals surface area (Å²) in [4.78, 5) is 24.9. The summed E-state index contributed by atoms with van der Waals surface area (Å²) in [6, 6.07) is 0. The van der Waals surface area contributed by atoms with E-state index in [4.69, 9.17) is 10.5 Å². The van der Waals surface area contributed by atoms with E-state index in [0.717, 1.165) is 13.1 Å². The SMILES string of the molecule is NC(=S)CNC(=O)C(=O)NCCN1CCOCC1. The molecular formula is C10H18N4O3S. The Morgan fingerprint density at radius 1 is 1.22 bits per heavy atom. The van der Waals surface area contributed by atoms with Gasteiger partial charge in [-0.1, -0.05) is 12.2 Å². The molecule has 1 rings (SSSR count). The molecule has 1 fully saturated rings. The van der Waals surface area contributed by atoms with Crippen LogP contribution in [0.5, 0.6) is 0 Å². The van der Waals surface area contributed by atoms with Crippen molar-refractivity contribution in [1.29, 1.82) is 0 Å². The Bertz CT molecular complexity index is 318. The van der Waals surface area contributed by atoms with E-state index in [2.05, 4.69) is 27.8 Å². The zero-order chi connectivity index (χ0) is 13.4. The van der Waals surface area contributed by atoms with Crippen LogP contribution in [-0.4, -0.2) is 67.6 Å². The molecule has 0 aromatic carbocycles. The van der Waals surface area contributed by atoms with Crippen LogP contribution >= 0.6 is 12.2 Å². The number of hydrogen-bond acceptors (Lipinski definition) is 5. The number of nitrogens with two attached hydrogens (primary N) is 1. The van der Waals surface area contributed by atoms with Crippen molar-refractivity contribution >= 4 is 29.0 Å². The van der Waals surface area contributed by atoms with Crippen LogP contribution in [0, 0.1) is 0 Å². The Hall–Kier alpha value is -1.25. The molecule has 0 atom stereocenters. The van der Waals surface area contributed by atoms with Crippen molar-refractivity contribution < 1.29 is 14.3 Å². The van der Waals surface area contributed by atoms with Gasteiger partial charge in [0, 0.05) is 26.2 Å². The first-order chi connectivity index (χ1) is 8.59. The zero-order valence-corrected chi connectivity index (χ0v) is 10.9. The van der Waals surface area contributed by atoms with E-state index in [0.29, 0.717) is 26.3 Å². The maximum atomic E-state index is 11.3. The second-order valence-corrected chi connectivity index (χ2v) is 4.38. The number of thiocarbonyl (C=S) groups is 1. The highest BCUT2D eigenvalue weighted by atomic mass is 32.1. The number of hydrogen-bond donors (Lipinski definition) is 3. The Morgan fingerprint density at radius 2 is 1.83 bits per heavy atom. The molecule has 1 aliphatic heterocycles. The van der Waals surface area contributed by atoms with E-state index in [1.807, 2.05) is 0 Å². The van der Waals surface area contributed by atoms with Gasteiger partial charge in [-0.25, -0.2) is 0 Å². The van der Waals surface area contributed by atoms with Crippen LogP contribution in [-0.2, 0) is 14.3 Å². The van der Waals surface area contributed by atoms with Gasteiger partial charge >= 0.3 is 11.8 Å². The molecule has 102 valence electrons. The highest BCUT2D eigenvalue weighted by molar-refractivity contribution is 7.80. The molecule has 0 unspecified atom stereocenters. The van der Waals surface area contributed by atoms with Gasteiger partial charge in [-0.2, -0.15) is 0 Å². The Morgan fingerprint density at radius 3 is 2.44 bits per heavy atom. The lowest BCUT2D eigenvalue weighted by molar-refractivity contribution is -0.139. The van der Waals surface area contributed by atoms with Crippen LogP contribution in [0.1, 0.15) is 0 Å². The van der Waals surface area contributed by atoms with Crippen LogP contribution in [0.15, 0.2) is 0 Å². The highest BCUT2D eigenvalue weighted by Crippen LogP contribution is 1.94. The van der Waals surface area contributed by atoms with Gasteiger partial charge in [0.25, 0.3) is 0 Å². The molecule has 2 amide bonds. The van der Waals surface area contributed by atoms with Crippen molar-refractivity contribution in [3.8, 4) is 0 Å². The number of nitrogens with zero attached hydrogens (tertiary/aromatic N) is 1. The van der Waals surface area contributed by atoms with Gasteiger partial charge in [0.1, 0.15) is 0 Å². The van der Waals surface area contributed by atoms with Gasteiger partial charge in [0.2, 0.25) is 0 Å². The summed E-state index contributed by atoms with van der Waals surface area (Å²) >= 11 is 4.59. The molecule has 1 aliphatic rings. The monoisotopic (exact) mass is 274 g/mol. The predicted octanol–water partition coefficient (Wildman–Crippen LogP) is -2.16. The van der Waals surface area contributed by atoms with Crippen molar-refractivity contribution in [2.45, 2.75) is 0 Å². The molecule has 8 heteroatoms. The first kappa shape index (κ1) is 14.8. The number of rotatable bonds is 5. The number of morpholine rings is 1. The van der Waals surface area contributed by atoms with E-state index in [-0.39, 0.29) is 11.5 Å². The summed E-state index contributed by atoms with van der Waals surface area (Å²) in [5, 5.41) is 4.86. The minimum Gasteiger partial charge on any atom is -0.392 e. The summed E-state index contributed by atoms with van der Waals surface area (Å²) in [6.07, 6.45) is 0. The third kappa shape index (κ3) is 5.89. The fourth-order valence-electron chi connectivity index (χ4n) is 1.48. The quantitative estimate of drug-likeness (QED) is 0.390. The lowest BCUT2D eigenvalue weighted by Gasteiger charge is -2.26. The van der Waals surface area contributed by atoms with E-state index in [1.165, 1.54) is 0 Å². The summed E-state index contributed by atoms with van der Waals surface area (Å²) in [6.45, 7) is 4.29. The van der Waals surface area contributed by atoms with Crippen molar-refractivity contribution in [3.63, 3.8) is 0 Å². The Balaban J connectivity index is 2.11. The molecule has 0 spiro atoms. The molecule has 1 heterocycles. The second kappa shape index (κ2) is 7.96. The average molecular weight is 274 g/mol. The average Bonchev–Trinajstić information content (AvgIpc) is 2.37. The topological polar surface area (TPSA) is 96.7 Å².